The third-order valence-electron chi connectivity index (χ3n) is 7.33. The first-order chi connectivity index (χ1) is 18.5. The molecule has 0 spiro atoms. The highest BCUT2D eigenvalue weighted by Crippen LogP contribution is 2.26. The Kier molecular flexibility index (Phi) is 7.75. The van der Waals surface area contributed by atoms with Crippen LogP contribution in [0.2, 0.25) is 0 Å². The molecule has 1 N–H and O–H groups in total. The van der Waals surface area contributed by atoms with Gasteiger partial charge in [0.25, 0.3) is 5.56 Å². The number of aryl methyl sites for hydroxylation is 2. The number of pyridine rings is 1. The fourth-order valence-electron chi connectivity index (χ4n) is 5.19. The molecule has 0 radical (unpaired) electrons. The van der Waals surface area contributed by atoms with Gasteiger partial charge in [0.05, 0.1) is 18.1 Å². The van der Waals surface area contributed by atoms with Gasteiger partial charge in [0, 0.05) is 18.7 Å². The van der Waals surface area contributed by atoms with E-state index >= 15 is 0 Å². The fraction of sp³-hybridized carbons (Fsp3) is 0.290. The monoisotopic (exact) mass is 506 g/mol. The van der Waals surface area contributed by atoms with Gasteiger partial charge in [0.1, 0.15) is 0 Å². The Bertz CT molecular complexity index is 1570. The molecule has 38 heavy (non-hydrogen) atoms. The zero-order valence-corrected chi connectivity index (χ0v) is 22.3. The number of para-hydroxylation sites is 1. The van der Waals surface area contributed by atoms with Crippen LogP contribution in [0.15, 0.2) is 83.7 Å². The topological polar surface area (TPSA) is 79.7 Å². The Morgan fingerprint density at radius 1 is 0.921 bits per heavy atom. The maximum absolute atomic E-state index is 13.2. The van der Waals surface area contributed by atoms with Gasteiger partial charge in [0.15, 0.2) is 5.82 Å². The van der Waals surface area contributed by atoms with Gasteiger partial charge in [0.2, 0.25) is 0 Å². The van der Waals surface area contributed by atoms with Crippen LogP contribution in [0.4, 0.5) is 0 Å². The summed E-state index contributed by atoms with van der Waals surface area (Å²) in [5.74, 6) is 0.814. The lowest BCUT2D eigenvalue weighted by Crippen LogP contribution is -2.34. The molecule has 2 aromatic heterocycles. The maximum atomic E-state index is 13.2. The van der Waals surface area contributed by atoms with E-state index in [1.54, 1.807) is 0 Å². The molecule has 7 nitrogen and oxygen atoms in total. The maximum Gasteiger partial charge on any atom is 0.252 e. The van der Waals surface area contributed by atoms with Crippen molar-refractivity contribution in [1.29, 1.82) is 0 Å². The van der Waals surface area contributed by atoms with Gasteiger partial charge < -0.3 is 4.98 Å². The summed E-state index contributed by atoms with van der Waals surface area (Å²) in [4.78, 5) is 18.7. The molecule has 0 saturated heterocycles. The van der Waals surface area contributed by atoms with Crippen molar-refractivity contribution >= 4 is 10.9 Å². The van der Waals surface area contributed by atoms with Crippen molar-refractivity contribution in [2.45, 2.75) is 52.7 Å². The molecule has 0 fully saturated rings. The lowest BCUT2D eigenvalue weighted by Gasteiger charge is -2.30. The van der Waals surface area contributed by atoms with Crippen LogP contribution in [0, 0.1) is 13.8 Å². The second-order valence-corrected chi connectivity index (χ2v) is 9.91. The number of H-pyrrole nitrogens is 1. The van der Waals surface area contributed by atoms with Crippen LogP contribution in [0.1, 0.15) is 53.0 Å². The zero-order valence-electron chi connectivity index (χ0n) is 22.3. The number of nitrogens with one attached hydrogen (secondary N) is 1. The Morgan fingerprint density at radius 3 is 2.47 bits per heavy atom. The predicted molar refractivity (Wildman–Crippen MR) is 151 cm³/mol. The average Bonchev–Trinajstić information content (AvgIpc) is 3.37. The van der Waals surface area contributed by atoms with Gasteiger partial charge in [-0.15, -0.1) is 5.10 Å². The number of hydrogen-bond donors (Lipinski definition) is 1. The van der Waals surface area contributed by atoms with Crippen molar-refractivity contribution in [3.8, 4) is 0 Å². The summed E-state index contributed by atoms with van der Waals surface area (Å²) < 4.78 is 1.89. The minimum Gasteiger partial charge on any atom is -0.321 e. The molecule has 0 bridgehead atoms. The molecule has 1 atom stereocenters. The Balaban J connectivity index is 1.50. The van der Waals surface area contributed by atoms with Crippen molar-refractivity contribution in [3.05, 3.63) is 123 Å². The Hall–Kier alpha value is -4.10. The van der Waals surface area contributed by atoms with Crippen molar-refractivity contribution in [1.82, 2.24) is 30.1 Å². The third-order valence-corrected chi connectivity index (χ3v) is 7.33. The quantitative estimate of drug-likeness (QED) is 0.275. The number of rotatable bonds is 10. The number of benzene rings is 3. The van der Waals surface area contributed by atoms with E-state index in [-0.39, 0.29) is 11.6 Å². The van der Waals surface area contributed by atoms with E-state index in [0.29, 0.717) is 13.1 Å². The molecule has 0 aliphatic rings. The van der Waals surface area contributed by atoms with E-state index in [4.69, 9.17) is 0 Å². The normalized spacial score (nSPS) is 12.3. The van der Waals surface area contributed by atoms with Crippen LogP contribution in [-0.4, -0.2) is 36.6 Å². The SMILES string of the molecule is CCC(c1nnnn1Cc1ccccc1)N(CCc1ccccc1C)Cc1cc2cccc(C)c2[nH]c1=O. The highest BCUT2D eigenvalue weighted by Gasteiger charge is 2.26. The van der Waals surface area contributed by atoms with E-state index in [9.17, 15) is 4.79 Å². The number of nitrogens with zero attached hydrogens (tertiary/aromatic N) is 5. The molecular formula is C31H34N6O. The summed E-state index contributed by atoms with van der Waals surface area (Å²) in [6, 6.07) is 26.8. The van der Waals surface area contributed by atoms with Crippen molar-refractivity contribution in [3.63, 3.8) is 0 Å². The first-order valence-electron chi connectivity index (χ1n) is 13.2. The van der Waals surface area contributed by atoms with Crippen LogP contribution >= 0.6 is 0 Å². The number of fused-ring (bicyclic) bond motifs is 1. The summed E-state index contributed by atoms with van der Waals surface area (Å²) >= 11 is 0. The number of aromatic amines is 1. The summed E-state index contributed by atoms with van der Waals surface area (Å²) in [5, 5.41) is 13.9. The van der Waals surface area contributed by atoms with Gasteiger partial charge >= 0.3 is 0 Å². The minimum atomic E-state index is -0.0506. The standard InChI is InChI=1S/C31H34N6O/c1-4-28(30-33-34-35-37(30)20-24-13-6-5-7-14-24)36(18-17-25-15-9-8-11-22(25)2)21-27-19-26-16-10-12-23(3)29(26)32-31(27)38/h5-16,19,28H,4,17-18,20-21H2,1-3H3,(H,32,38). The van der Waals surface area contributed by atoms with Crippen molar-refractivity contribution < 1.29 is 0 Å². The Morgan fingerprint density at radius 2 is 1.68 bits per heavy atom. The van der Waals surface area contributed by atoms with Gasteiger partial charge in [-0.25, -0.2) is 4.68 Å². The van der Waals surface area contributed by atoms with Gasteiger partial charge in [-0.05, 0) is 70.8 Å². The molecule has 0 amide bonds. The molecule has 194 valence electrons. The zero-order chi connectivity index (χ0) is 26.5. The van der Waals surface area contributed by atoms with Gasteiger partial charge in [-0.2, -0.15) is 0 Å². The van der Waals surface area contributed by atoms with Crippen LogP contribution in [-0.2, 0) is 19.5 Å². The number of aromatic nitrogens is 5. The van der Waals surface area contributed by atoms with Crippen LogP contribution in [0.3, 0.4) is 0 Å². The third kappa shape index (κ3) is 5.58. The Labute approximate surface area is 223 Å². The van der Waals surface area contributed by atoms with Crippen molar-refractivity contribution in [2.75, 3.05) is 6.54 Å². The van der Waals surface area contributed by atoms with Gasteiger partial charge in [-0.3, -0.25) is 9.69 Å². The predicted octanol–water partition coefficient (Wildman–Crippen LogP) is 5.38. The lowest BCUT2D eigenvalue weighted by atomic mass is 10.0. The van der Waals surface area contributed by atoms with E-state index in [1.807, 2.05) is 48.0 Å². The molecule has 3 aromatic carbocycles. The molecule has 0 saturated carbocycles. The van der Waals surface area contributed by atoms with Crippen LogP contribution in [0.25, 0.3) is 10.9 Å². The summed E-state index contributed by atoms with van der Waals surface area (Å²) in [6.07, 6.45) is 1.68. The molecule has 1 unspecified atom stereocenters. The first-order valence-corrected chi connectivity index (χ1v) is 13.2. The van der Waals surface area contributed by atoms with Gasteiger partial charge in [-0.1, -0.05) is 79.7 Å². The molecular weight excluding hydrogens is 472 g/mol. The largest absolute Gasteiger partial charge is 0.321 e. The average molecular weight is 507 g/mol. The van der Waals surface area contributed by atoms with Crippen LogP contribution in [0.5, 0.6) is 0 Å². The molecule has 2 heterocycles. The summed E-state index contributed by atoms with van der Waals surface area (Å²) in [7, 11) is 0. The second kappa shape index (κ2) is 11.5. The molecule has 5 rings (SSSR count). The lowest BCUT2D eigenvalue weighted by molar-refractivity contribution is 0.172. The van der Waals surface area contributed by atoms with Crippen molar-refractivity contribution in [2.24, 2.45) is 0 Å². The van der Waals surface area contributed by atoms with E-state index in [0.717, 1.165) is 52.8 Å². The smallest absolute Gasteiger partial charge is 0.252 e. The fourth-order valence-corrected chi connectivity index (χ4v) is 5.19. The molecule has 0 aliphatic carbocycles. The van der Waals surface area contributed by atoms with E-state index in [2.05, 4.69) is 81.7 Å². The number of hydrogen-bond acceptors (Lipinski definition) is 5. The molecule has 7 heteroatoms. The second-order valence-electron chi connectivity index (χ2n) is 9.91. The molecule has 5 aromatic rings. The minimum absolute atomic E-state index is 0.0496. The highest BCUT2D eigenvalue weighted by atomic mass is 16.1. The van der Waals surface area contributed by atoms with E-state index < -0.39 is 0 Å². The number of tetrazole rings is 1. The van der Waals surface area contributed by atoms with Crippen LogP contribution < -0.4 is 5.56 Å². The first kappa shape index (κ1) is 25.5. The summed E-state index contributed by atoms with van der Waals surface area (Å²) in [5.41, 5.74) is 6.37. The van der Waals surface area contributed by atoms with E-state index in [1.165, 1.54) is 11.1 Å². The highest BCUT2D eigenvalue weighted by molar-refractivity contribution is 5.81. The summed E-state index contributed by atoms with van der Waals surface area (Å²) in [6.45, 7) is 8.19. The molecule has 0 aliphatic heterocycles.